The van der Waals surface area contributed by atoms with E-state index in [0.29, 0.717) is 0 Å². The van der Waals surface area contributed by atoms with E-state index in [1.165, 1.54) is 7.11 Å². The van der Waals surface area contributed by atoms with Gasteiger partial charge in [0.05, 0.1) is 7.11 Å². The van der Waals surface area contributed by atoms with Gasteiger partial charge in [-0.15, -0.1) is 0 Å². The lowest BCUT2D eigenvalue weighted by Gasteiger charge is -2.06. The summed E-state index contributed by atoms with van der Waals surface area (Å²) in [6.07, 6.45) is 0. The molecule has 1 aromatic carbocycles. The van der Waals surface area contributed by atoms with Gasteiger partial charge in [-0.3, -0.25) is 0 Å². The Morgan fingerprint density at radius 1 is 1.57 bits per heavy atom. The van der Waals surface area contributed by atoms with Crippen molar-refractivity contribution in [1.82, 2.24) is 0 Å². The van der Waals surface area contributed by atoms with E-state index in [2.05, 4.69) is 4.74 Å². The van der Waals surface area contributed by atoms with E-state index in [-0.39, 0.29) is 5.75 Å². The number of aromatic carboxylic acids is 1. The van der Waals surface area contributed by atoms with Crippen LogP contribution in [0, 0.1) is 11.6 Å². The van der Waals surface area contributed by atoms with Crippen LogP contribution in [0.2, 0.25) is 5.02 Å². The summed E-state index contributed by atoms with van der Waals surface area (Å²) in [4.78, 5) is 10.4. The van der Waals surface area contributed by atoms with Crippen LogP contribution in [-0.2, 0) is 0 Å². The molecule has 0 aliphatic heterocycles. The predicted octanol–water partition coefficient (Wildman–Crippen LogP) is 2.33. The maximum atomic E-state index is 13.1. The van der Waals surface area contributed by atoms with Crippen molar-refractivity contribution in [3.05, 3.63) is 28.3 Å². The van der Waals surface area contributed by atoms with Crippen molar-refractivity contribution in [3.63, 3.8) is 0 Å². The number of halogens is 3. The number of hydrogen-bond acceptors (Lipinski definition) is 2. The standard InChI is InChI=1S/C8H5ClF2O3/c1-14-4-2-3(10)5(8(12)13)7(11)6(4)9/h2H,1H3,(H,12,13). The van der Waals surface area contributed by atoms with Crippen molar-refractivity contribution in [2.45, 2.75) is 0 Å². The third kappa shape index (κ3) is 1.63. The summed E-state index contributed by atoms with van der Waals surface area (Å²) in [5.41, 5.74) is -1.09. The van der Waals surface area contributed by atoms with E-state index in [4.69, 9.17) is 16.7 Å². The number of ether oxygens (including phenoxy) is 1. The number of hydrogen-bond donors (Lipinski definition) is 1. The van der Waals surface area contributed by atoms with Gasteiger partial charge in [-0.05, 0) is 0 Å². The van der Waals surface area contributed by atoms with Gasteiger partial charge in [-0.25, -0.2) is 13.6 Å². The average Bonchev–Trinajstić information content (AvgIpc) is 2.10. The summed E-state index contributed by atoms with van der Waals surface area (Å²) in [5.74, 6) is -4.52. The molecule has 1 rings (SSSR count). The van der Waals surface area contributed by atoms with Gasteiger partial charge in [-0.1, -0.05) is 11.6 Å². The first-order valence-electron chi connectivity index (χ1n) is 3.43. The Kier molecular flexibility index (Phi) is 2.90. The topological polar surface area (TPSA) is 46.5 Å². The summed E-state index contributed by atoms with van der Waals surface area (Å²) in [7, 11) is 1.17. The molecular formula is C8H5ClF2O3. The minimum atomic E-state index is -1.72. The van der Waals surface area contributed by atoms with E-state index in [1.54, 1.807) is 0 Å². The molecule has 1 N–H and O–H groups in total. The van der Waals surface area contributed by atoms with Gasteiger partial charge >= 0.3 is 5.97 Å². The highest BCUT2D eigenvalue weighted by atomic mass is 35.5. The summed E-state index contributed by atoms with van der Waals surface area (Å²) in [6, 6.07) is 0.717. The molecule has 0 unspecified atom stereocenters. The summed E-state index contributed by atoms with van der Waals surface area (Å²) >= 11 is 5.38. The highest BCUT2D eigenvalue weighted by Crippen LogP contribution is 2.31. The van der Waals surface area contributed by atoms with Gasteiger partial charge in [0, 0.05) is 6.07 Å². The molecule has 0 fully saturated rings. The smallest absolute Gasteiger partial charge is 0.341 e. The summed E-state index contributed by atoms with van der Waals surface area (Å²) < 4.78 is 30.6. The molecule has 0 radical (unpaired) electrons. The number of carboxylic acids is 1. The van der Waals surface area contributed by atoms with E-state index >= 15 is 0 Å². The fourth-order valence-corrected chi connectivity index (χ4v) is 1.14. The van der Waals surface area contributed by atoms with Crippen molar-refractivity contribution in [2.24, 2.45) is 0 Å². The second-order valence-corrected chi connectivity index (χ2v) is 2.75. The first-order chi connectivity index (χ1) is 6.49. The van der Waals surface area contributed by atoms with Crippen LogP contribution < -0.4 is 4.74 Å². The molecule has 0 aliphatic carbocycles. The number of carboxylic acid groups (broad SMARTS) is 1. The van der Waals surface area contributed by atoms with Crippen molar-refractivity contribution < 1.29 is 23.4 Å². The van der Waals surface area contributed by atoms with Crippen LogP contribution in [0.4, 0.5) is 8.78 Å². The van der Waals surface area contributed by atoms with Gasteiger partial charge < -0.3 is 9.84 Å². The lowest BCUT2D eigenvalue weighted by molar-refractivity contribution is 0.0686. The Morgan fingerprint density at radius 2 is 2.14 bits per heavy atom. The fourth-order valence-electron chi connectivity index (χ4n) is 0.918. The highest BCUT2D eigenvalue weighted by Gasteiger charge is 2.22. The van der Waals surface area contributed by atoms with Gasteiger partial charge in [0.25, 0.3) is 0 Å². The molecule has 0 bridgehead atoms. The molecule has 0 spiro atoms. The fraction of sp³-hybridized carbons (Fsp3) is 0.125. The van der Waals surface area contributed by atoms with Crippen molar-refractivity contribution in [1.29, 1.82) is 0 Å². The molecular weight excluding hydrogens is 218 g/mol. The Balaban J connectivity index is 3.49. The second kappa shape index (κ2) is 3.79. The van der Waals surface area contributed by atoms with E-state index in [9.17, 15) is 13.6 Å². The predicted molar refractivity (Wildman–Crippen MR) is 44.9 cm³/mol. The lowest BCUT2D eigenvalue weighted by atomic mass is 10.2. The molecule has 76 valence electrons. The van der Waals surface area contributed by atoms with E-state index < -0.39 is 28.2 Å². The van der Waals surface area contributed by atoms with Crippen molar-refractivity contribution in [3.8, 4) is 5.75 Å². The monoisotopic (exact) mass is 222 g/mol. The van der Waals surface area contributed by atoms with Crippen LogP contribution in [0.3, 0.4) is 0 Å². The number of carbonyl (C=O) groups is 1. The molecule has 6 heteroatoms. The van der Waals surface area contributed by atoms with Crippen LogP contribution in [0.1, 0.15) is 10.4 Å². The summed E-state index contributed by atoms with van der Waals surface area (Å²) in [6.45, 7) is 0. The normalized spacial score (nSPS) is 10.0. The molecule has 0 aromatic heterocycles. The average molecular weight is 223 g/mol. The first kappa shape index (κ1) is 10.7. The van der Waals surface area contributed by atoms with Crippen molar-refractivity contribution in [2.75, 3.05) is 7.11 Å². The number of benzene rings is 1. The quantitative estimate of drug-likeness (QED) is 0.782. The lowest BCUT2D eigenvalue weighted by Crippen LogP contribution is -2.06. The molecule has 0 saturated heterocycles. The zero-order valence-electron chi connectivity index (χ0n) is 6.97. The molecule has 0 amide bonds. The van der Waals surface area contributed by atoms with E-state index in [1.807, 2.05) is 0 Å². The number of rotatable bonds is 2. The Bertz CT molecular complexity index is 393. The molecule has 0 aliphatic rings. The highest BCUT2D eigenvalue weighted by molar-refractivity contribution is 6.32. The Morgan fingerprint density at radius 3 is 2.57 bits per heavy atom. The molecule has 1 aromatic rings. The third-order valence-corrected chi connectivity index (χ3v) is 1.91. The van der Waals surface area contributed by atoms with Crippen molar-refractivity contribution >= 4 is 17.6 Å². The minimum Gasteiger partial charge on any atom is -0.495 e. The summed E-state index contributed by atoms with van der Waals surface area (Å²) in [5, 5.41) is 7.91. The molecule has 3 nitrogen and oxygen atoms in total. The number of methoxy groups -OCH3 is 1. The Hall–Kier alpha value is -1.36. The Labute approximate surface area is 82.9 Å². The minimum absolute atomic E-state index is 0.244. The van der Waals surface area contributed by atoms with E-state index in [0.717, 1.165) is 6.07 Å². The van der Waals surface area contributed by atoms with Crippen LogP contribution in [0.25, 0.3) is 0 Å². The van der Waals surface area contributed by atoms with Gasteiger partial charge in [0.1, 0.15) is 22.2 Å². The third-order valence-electron chi connectivity index (χ3n) is 1.56. The molecule has 14 heavy (non-hydrogen) atoms. The largest absolute Gasteiger partial charge is 0.495 e. The zero-order chi connectivity index (χ0) is 10.9. The van der Waals surface area contributed by atoms with Crippen LogP contribution in [0.5, 0.6) is 5.75 Å². The van der Waals surface area contributed by atoms with Gasteiger partial charge in [-0.2, -0.15) is 0 Å². The molecule has 0 saturated carbocycles. The molecule has 0 heterocycles. The van der Waals surface area contributed by atoms with Gasteiger partial charge in [0.2, 0.25) is 0 Å². The van der Waals surface area contributed by atoms with Crippen LogP contribution >= 0.6 is 11.6 Å². The maximum absolute atomic E-state index is 13.1. The van der Waals surface area contributed by atoms with Crippen LogP contribution in [-0.4, -0.2) is 18.2 Å². The molecule has 0 atom stereocenters. The maximum Gasteiger partial charge on any atom is 0.341 e. The second-order valence-electron chi connectivity index (χ2n) is 2.37. The SMILES string of the molecule is COc1cc(F)c(C(=O)O)c(F)c1Cl. The first-order valence-corrected chi connectivity index (χ1v) is 3.81. The zero-order valence-corrected chi connectivity index (χ0v) is 7.73. The van der Waals surface area contributed by atoms with Crippen LogP contribution in [0.15, 0.2) is 6.07 Å². The van der Waals surface area contributed by atoms with Gasteiger partial charge in [0.15, 0.2) is 5.82 Å².